The van der Waals surface area contributed by atoms with Crippen molar-refractivity contribution < 1.29 is 9.53 Å². The van der Waals surface area contributed by atoms with Crippen LogP contribution in [0.1, 0.15) is 19.4 Å². The zero-order valence-corrected chi connectivity index (χ0v) is 13.2. The van der Waals surface area contributed by atoms with Gasteiger partial charge in [0, 0.05) is 11.6 Å². The third kappa shape index (κ3) is 5.22. The molecular weight excluding hydrogens is 298 g/mol. The number of ether oxygens (including phenoxy) is 1. The van der Waals surface area contributed by atoms with Crippen LogP contribution in [0.3, 0.4) is 0 Å². The number of halogens is 1. The fraction of sp³-hybridized carbons (Fsp3) is 0.385. The van der Waals surface area contributed by atoms with Crippen molar-refractivity contribution in [2.24, 2.45) is 0 Å². The molecule has 1 aromatic carbocycles. The molecule has 0 aromatic heterocycles. The highest BCUT2D eigenvalue weighted by Gasteiger charge is 2.14. The third-order valence-electron chi connectivity index (χ3n) is 2.45. The molecular formula is C13H18ClN3O2S. The number of aryl methyl sites for hydroxylation is 1. The van der Waals surface area contributed by atoms with Crippen molar-refractivity contribution in [3.8, 4) is 5.75 Å². The molecule has 1 unspecified atom stereocenters. The van der Waals surface area contributed by atoms with Crippen LogP contribution in [0.5, 0.6) is 5.75 Å². The predicted molar refractivity (Wildman–Crippen MR) is 83.8 cm³/mol. The lowest BCUT2D eigenvalue weighted by Gasteiger charge is -2.16. The van der Waals surface area contributed by atoms with Gasteiger partial charge in [0.2, 0.25) is 0 Å². The van der Waals surface area contributed by atoms with Crippen molar-refractivity contribution in [2.75, 3.05) is 6.54 Å². The van der Waals surface area contributed by atoms with Crippen LogP contribution in [-0.4, -0.2) is 23.7 Å². The lowest BCUT2D eigenvalue weighted by molar-refractivity contribution is -0.127. The summed E-state index contributed by atoms with van der Waals surface area (Å²) in [4.78, 5) is 11.8. The van der Waals surface area contributed by atoms with E-state index in [1.54, 1.807) is 25.1 Å². The van der Waals surface area contributed by atoms with Crippen molar-refractivity contribution in [2.45, 2.75) is 26.9 Å². The summed E-state index contributed by atoms with van der Waals surface area (Å²) in [6.07, 6.45) is -0.660. The predicted octanol–water partition coefficient (Wildman–Crippen LogP) is 1.93. The summed E-state index contributed by atoms with van der Waals surface area (Å²) in [5.74, 6) is 0.265. The van der Waals surface area contributed by atoms with E-state index in [1.807, 2.05) is 13.8 Å². The second-order valence-corrected chi connectivity index (χ2v) is 4.96. The molecule has 0 radical (unpaired) electrons. The molecule has 0 aliphatic heterocycles. The second kappa shape index (κ2) is 7.91. The van der Waals surface area contributed by atoms with E-state index in [4.69, 9.17) is 28.6 Å². The number of hydrogen-bond donors (Lipinski definition) is 3. The van der Waals surface area contributed by atoms with Gasteiger partial charge in [0.1, 0.15) is 5.75 Å². The number of benzene rings is 1. The molecule has 0 fully saturated rings. The first-order chi connectivity index (χ1) is 9.43. The summed E-state index contributed by atoms with van der Waals surface area (Å²) >= 11 is 10.9. The summed E-state index contributed by atoms with van der Waals surface area (Å²) in [5, 5.41) is 3.87. The Morgan fingerprint density at radius 2 is 2.15 bits per heavy atom. The Kier molecular flexibility index (Phi) is 6.54. The van der Waals surface area contributed by atoms with E-state index in [9.17, 15) is 4.79 Å². The first-order valence-electron chi connectivity index (χ1n) is 6.20. The van der Waals surface area contributed by atoms with Crippen LogP contribution in [0.25, 0.3) is 0 Å². The molecule has 0 saturated carbocycles. The maximum Gasteiger partial charge on any atom is 0.279 e. The Balaban J connectivity index is 2.48. The summed E-state index contributed by atoms with van der Waals surface area (Å²) in [6.45, 7) is 6.11. The minimum atomic E-state index is -0.660. The smallest absolute Gasteiger partial charge is 0.279 e. The van der Waals surface area contributed by atoms with Crippen molar-refractivity contribution in [1.82, 2.24) is 16.2 Å². The molecule has 3 N–H and O–H groups in total. The Bertz CT molecular complexity index is 497. The third-order valence-corrected chi connectivity index (χ3v) is 3.12. The van der Waals surface area contributed by atoms with Gasteiger partial charge in [-0.05, 0) is 56.8 Å². The molecule has 0 aliphatic rings. The van der Waals surface area contributed by atoms with Crippen LogP contribution in [0.4, 0.5) is 0 Å². The molecule has 0 saturated heterocycles. The van der Waals surface area contributed by atoms with Gasteiger partial charge in [-0.3, -0.25) is 15.6 Å². The monoisotopic (exact) mass is 315 g/mol. The number of hydrogen-bond acceptors (Lipinski definition) is 3. The molecule has 1 aromatic rings. The van der Waals surface area contributed by atoms with Gasteiger partial charge in [0.25, 0.3) is 5.91 Å². The summed E-state index contributed by atoms with van der Waals surface area (Å²) in [5.41, 5.74) is 5.95. The molecule has 0 aliphatic carbocycles. The molecule has 0 spiro atoms. The Morgan fingerprint density at radius 1 is 1.45 bits per heavy atom. The fourth-order valence-corrected chi connectivity index (χ4v) is 1.69. The topological polar surface area (TPSA) is 62.4 Å². The molecule has 5 nitrogen and oxygen atoms in total. The van der Waals surface area contributed by atoms with Gasteiger partial charge in [-0.15, -0.1) is 0 Å². The second-order valence-electron chi connectivity index (χ2n) is 4.14. The summed E-state index contributed by atoms with van der Waals surface area (Å²) in [6, 6.07) is 5.23. The number of amides is 1. The fourth-order valence-electron chi connectivity index (χ4n) is 1.37. The molecule has 0 heterocycles. The lowest BCUT2D eigenvalue weighted by Crippen LogP contribution is -2.50. The van der Waals surface area contributed by atoms with E-state index < -0.39 is 6.10 Å². The minimum absolute atomic E-state index is 0.321. The summed E-state index contributed by atoms with van der Waals surface area (Å²) in [7, 11) is 0. The highest BCUT2D eigenvalue weighted by Crippen LogP contribution is 2.21. The number of thiocarbonyl (C=S) groups is 1. The zero-order valence-electron chi connectivity index (χ0n) is 11.6. The van der Waals surface area contributed by atoms with Crippen LogP contribution in [-0.2, 0) is 4.79 Å². The van der Waals surface area contributed by atoms with E-state index in [0.717, 1.165) is 5.56 Å². The van der Waals surface area contributed by atoms with Crippen LogP contribution < -0.4 is 20.9 Å². The van der Waals surface area contributed by atoms with Gasteiger partial charge in [-0.2, -0.15) is 0 Å². The number of carbonyl (C=O) groups excluding carboxylic acids is 1. The van der Waals surface area contributed by atoms with Gasteiger partial charge < -0.3 is 10.1 Å². The molecule has 1 amide bonds. The maximum atomic E-state index is 11.8. The average Bonchev–Trinajstić information content (AvgIpc) is 2.40. The molecule has 110 valence electrons. The van der Waals surface area contributed by atoms with Gasteiger partial charge in [-0.25, -0.2) is 0 Å². The van der Waals surface area contributed by atoms with Gasteiger partial charge in [0.05, 0.1) is 0 Å². The highest BCUT2D eigenvalue weighted by atomic mass is 35.5. The molecule has 0 bridgehead atoms. The van der Waals surface area contributed by atoms with Crippen molar-refractivity contribution in [1.29, 1.82) is 0 Å². The minimum Gasteiger partial charge on any atom is -0.481 e. The normalized spacial score (nSPS) is 11.4. The summed E-state index contributed by atoms with van der Waals surface area (Å²) < 4.78 is 5.53. The Labute approximate surface area is 129 Å². The van der Waals surface area contributed by atoms with Crippen LogP contribution >= 0.6 is 23.8 Å². The molecule has 20 heavy (non-hydrogen) atoms. The van der Waals surface area contributed by atoms with E-state index in [1.165, 1.54) is 0 Å². The Hall–Kier alpha value is -1.53. The maximum absolute atomic E-state index is 11.8. The van der Waals surface area contributed by atoms with Gasteiger partial charge in [0.15, 0.2) is 11.2 Å². The molecule has 7 heteroatoms. The van der Waals surface area contributed by atoms with E-state index in [0.29, 0.717) is 22.4 Å². The quantitative estimate of drug-likeness (QED) is 0.585. The van der Waals surface area contributed by atoms with E-state index in [2.05, 4.69) is 16.2 Å². The van der Waals surface area contributed by atoms with Crippen LogP contribution in [0, 0.1) is 6.92 Å². The highest BCUT2D eigenvalue weighted by molar-refractivity contribution is 7.80. The molecule has 1 atom stereocenters. The lowest BCUT2D eigenvalue weighted by atomic mass is 10.2. The van der Waals surface area contributed by atoms with Crippen molar-refractivity contribution in [3.63, 3.8) is 0 Å². The number of nitrogens with one attached hydrogen (secondary N) is 3. The largest absolute Gasteiger partial charge is 0.481 e. The average molecular weight is 316 g/mol. The van der Waals surface area contributed by atoms with Crippen LogP contribution in [0.2, 0.25) is 5.02 Å². The zero-order chi connectivity index (χ0) is 15.1. The first kappa shape index (κ1) is 16.5. The van der Waals surface area contributed by atoms with Gasteiger partial charge in [-0.1, -0.05) is 11.6 Å². The SMILES string of the molecule is CCNC(=S)NNC(=O)C(C)Oc1ccc(Cl)c(C)c1. The first-order valence-corrected chi connectivity index (χ1v) is 6.99. The number of carbonyl (C=O) groups is 1. The van der Waals surface area contributed by atoms with Crippen molar-refractivity contribution in [3.05, 3.63) is 28.8 Å². The van der Waals surface area contributed by atoms with Crippen LogP contribution in [0.15, 0.2) is 18.2 Å². The van der Waals surface area contributed by atoms with E-state index in [-0.39, 0.29) is 5.91 Å². The molecule has 1 rings (SSSR count). The number of hydrazine groups is 1. The van der Waals surface area contributed by atoms with Crippen molar-refractivity contribution >= 4 is 34.8 Å². The number of rotatable bonds is 4. The van der Waals surface area contributed by atoms with E-state index >= 15 is 0 Å². The standard InChI is InChI=1S/C13H18ClN3O2S/c1-4-15-13(20)17-16-12(18)9(3)19-10-5-6-11(14)8(2)7-10/h5-7,9H,4H2,1-3H3,(H,16,18)(H2,15,17,20). The van der Waals surface area contributed by atoms with Gasteiger partial charge >= 0.3 is 0 Å². The Morgan fingerprint density at radius 3 is 2.75 bits per heavy atom.